The predicted molar refractivity (Wildman–Crippen MR) is 66.0 cm³/mol. The Hall–Kier alpha value is -1.94. The van der Waals surface area contributed by atoms with E-state index in [-0.39, 0.29) is 0 Å². The molecule has 4 nitrogen and oxygen atoms in total. The van der Waals surface area contributed by atoms with Crippen molar-refractivity contribution in [2.75, 3.05) is 7.05 Å². The fraction of sp³-hybridized carbons (Fsp3) is 0.231. The van der Waals surface area contributed by atoms with E-state index >= 15 is 0 Å². The van der Waals surface area contributed by atoms with Crippen LogP contribution in [0.4, 0.5) is 0 Å². The Labute approximate surface area is 101 Å². The van der Waals surface area contributed by atoms with E-state index in [0.717, 1.165) is 23.6 Å². The summed E-state index contributed by atoms with van der Waals surface area (Å²) in [6.07, 6.45) is 1.69. The molecular formula is C13H15N3O. The maximum Gasteiger partial charge on any atom is 0.322 e. The molecule has 1 aromatic heterocycles. The van der Waals surface area contributed by atoms with Gasteiger partial charge in [-0.1, -0.05) is 12.1 Å². The van der Waals surface area contributed by atoms with Gasteiger partial charge < -0.3 is 10.1 Å². The van der Waals surface area contributed by atoms with Gasteiger partial charge in [-0.25, -0.2) is 9.97 Å². The van der Waals surface area contributed by atoms with Crippen molar-refractivity contribution in [2.45, 2.75) is 13.5 Å². The molecule has 2 rings (SSSR count). The zero-order valence-corrected chi connectivity index (χ0v) is 9.97. The van der Waals surface area contributed by atoms with Crippen LogP contribution in [0.2, 0.25) is 0 Å². The molecule has 0 aliphatic rings. The first kappa shape index (κ1) is 11.5. The van der Waals surface area contributed by atoms with Crippen LogP contribution < -0.4 is 10.1 Å². The Bertz CT molecular complexity index is 500. The summed E-state index contributed by atoms with van der Waals surface area (Å²) in [5.74, 6) is 0.753. The highest BCUT2D eigenvalue weighted by Crippen LogP contribution is 2.18. The second kappa shape index (κ2) is 5.41. The van der Waals surface area contributed by atoms with Gasteiger partial charge in [0.15, 0.2) is 0 Å². The molecule has 1 aromatic carbocycles. The molecule has 0 unspecified atom stereocenters. The lowest BCUT2D eigenvalue weighted by Crippen LogP contribution is -2.04. The molecule has 0 bridgehead atoms. The minimum absolute atomic E-state index is 0.381. The van der Waals surface area contributed by atoms with Crippen LogP contribution in [-0.4, -0.2) is 17.0 Å². The molecule has 4 heteroatoms. The largest absolute Gasteiger partial charge is 0.424 e. The number of aromatic nitrogens is 2. The fourth-order valence-corrected chi connectivity index (χ4v) is 1.50. The summed E-state index contributed by atoms with van der Waals surface area (Å²) < 4.78 is 5.60. The minimum Gasteiger partial charge on any atom is -0.424 e. The molecule has 0 radical (unpaired) electrons. The number of hydrogen-bond acceptors (Lipinski definition) is 4. The normalized spacial score (nSPS) is 10.2. The Morgan fingerprint density at radius 3 is 2.94 bits per heavy atom. The average molecular weight is 229 g/mol. The van der Waals surface area contributed by atoms with Crippen LogP contribution in [-0.2, 0) is 6.54 Å². The van der Waals surface area contributed by atoms with Crippen molar-refractivity contribution in [3.8, 4) is 11.8 Å². The van der Waals surface area contributed by atoms with E-state index in [0.29, 0.717) is 6.01 Å². The van der Waals surface area contributed by atoms with E-state index in [1.54, 1.807) is 6.20 Å². The number of aryl methyl sites for hydroxylation is 1. The van der Waals surface area contributed by atoms with E-state index in [4.69, 9.17) is 4.74 Å². The third kappa shape index (κ3) is 3.26. The Kier molecular flexibility index (Phi) is 3.67. The summed E-state index contributed by atoms with van der Waals surface area (Å²) >= 11 is 0. The topological polar surface area (TPSA) is 47.0 Å². The molecule has 0 aliphatic carbocycles. The van der Waals surface area contributed by atoms with Gasteiger partial charge in [0.05, 0.1) is 0 Å². The predicted octanol–water partition coefficient (Wildman–Crippen LogP) is 2.30. The zero-order valence-electron chi connectivity index (χ0n) is 9.97. The molecule has 2 aromatic rings. The lowest BCUT2D eigenvalue weighted by molar-refractivity contribution is 0.439. The molecule has 0 saturated heterocycles. The molecule has 0 atom stereocenters. The number of rotatable bonds is 4. The lowest BCUT2D eigenvalue weighted by atomic mass is 10.2. The van der Waals surface area contributed by atoms with Crippen molar-refractivity contribution in [3.63, 3.8) is 0 Å². The molecule has 0 spiro atoms. The number of nitrogens with one attached hydrogen (secondary N) is 1. The quantitative estimate of drug-likeness (QED) is 0.873. The van der Waals surface area contributed by atoms with Crippen LogP contribution in [0, 0.1) is 6.92 Å². The molecular weight excluding hydrogens is 214 g/mol. The highest BCUT2D eigenvalue weighted by atomic mass is 16.5. The van der Waals surface area contributed by atoms with Crippen molar-refractivity contribution in [2.24, 2.45) is 0 Å². The average Bonchev–Trinajstić information content (AvgIpc) is 2.30. The van der Waals surface area contributed by atoms with Crippen LogP contribution in [0.15, 0.2) is 36.5 Å². The summed E-state index contributed by atoms with van der Waals surface area (Å²) in [5.41, 5.74) is 2.05. The van der Waals surface area contributed by atoms with E-state index in [9.17, 15) is 0 Å². The number of benzene rings is 1. The van der Waals surface area contributed by atoms with Crippen molar-refractivity contribution < 1.29 is 4.74 Å². The first-order chi connectivity index (χ1) is 8.28. The van der Waals surface area contributed by atoms with E-state index in [1.807, 2.05) is 44.3 Å². The van der Waals surface area contributed by atoms with E-state index < -0.39 is 0 Å². The SMILES string of the molecule is CNCc1cccc(Oc2nccc(C)n2)c1. The summed E-state index contributed by atoms with van der Waals surface area (Å²) in [6, 6.07) is 10.1. The van der Waals surface area contributed by atoms with Crippen LogP contribution in [0.1, 0.15) is 11.3 Å². The molecule has 0 aliphatic heterocycles. The van der Waals surface area contributed by atoms with Gasteiger partial charge in [-0.15, -0.1) is 0 Å². The van der Waals surface area contributed by atoms with Crippen LogP contribution in [0.25, 0.3) is 0 Å². The third-order valence-electron chi connectivity index (χ3n) is 2.26. The standard InChI is InChI=1S/C13H15N3O/c1-10-6-7-15-13(16-10)17-12-5-3-4-11(8-12)9-14-2/h3-8,14H,9H2,1-2H3. The van der Waals surface area contributed by atoms with Gasteiger partial charge in [-0.2, -0.15) is 0 Å². The Morgan fingerprint density at radius 1 is 1.29 bits per heavy atom. The Morgan fingerprint density at radius 2 is 2.18 bits per heavy atom. The first-order valence-corrected chi connectivity index (χ1v) is 5.49. The molecule has 1 heterocycles. The number of nitrogens with zero attached hydrogens (tertiary/aromatic N) is 2. The van der Waals surface area contributed by atoms with Gasteiger partial charge in [-0.3, -0.25) is 0 Å². The van der Waals surface area contributed by atoms with Crippen molar-refractivity contribution >= 4 is 0 Å². The summed E-state index contributed by atoms with van der Waals surface area (Å²) in [5, 5.41) is 3.10. The molecule has 0 saturated carbocycles. The molecule has 0 fully saturated rings. The third-order valence-corrected chi connectivity index (χ3v) is 2.26. The first-order valence-electron chi connectivity index (χ1n) is 5.49. The smallest absolute Gasteiger partial charge is 0.322 e. The van der Waals surface area contributed by atoms with Gasteiger partial charge in [0, 0.05) is 18.4 Å². The van der Waals surface area contributed by atoms with Gasteiger partial charge in [0.1, 0.15) is 5.75 Å². The molecule has 1 N–H and O–H groups in total. The molecule has 88 valence electrons. The van der Waals surface area contributed by atoms with Crippen molar-refractivity contribution in [3.05, 3.63) is 47.8 Å². The van der Waals surface area contributed by atoms with Crippen LogP contribution in [0.3, 0.4) is 0 Å². The fourth-order valence-electron chi connectivity index (χ4n) is 1.50. The van der Waals surface area contributed by atoms with Crippen molar-refractivity contribution in [1.29, 1.82) is 0 Å². The lowest BCUT2D eigenvalue weighted by Gasteiger charge is -2.06. The maximum absolute atomic E-state index is 5.60. The minimum atomic E-state index is 0.381. The zero-order chi connectivity index (χ0) is 12.1. The second-order valence-electron chi connectivity index (χ2n) is 3.76. The highest BCUT2D eigenvalue weighted by Gasteiger charge is 2.01. The van der Waals surface area contributed by atoms with Gasteiger partial charge in [-0.05, 0) is 37.7 Å². The van der Waals surface area contributed by atoms with Gasteiger partial charge >= 0.3 is 6.01 Å². The Balaban J connectivity index is 2.15. The second-order valence-corrected chi connectivity index (χ2v) is 3.76. The monoisotopic (exact) mass is 229 g/mol. The van der Waals surface area contributed by atoms with E-state index in [1.165, 1.54) is 0 Å². The van der Waals surface area contributed by atoms with Gasteiger partial charge in [0.25, 0.3) is 0 Å². The van der Waals surface area contributed by atoms with E-state index in [2.05, 4.69) is 15.3 Å². The summed E-state index contributed by atoms with van der Waals surface area (Å²) in [4.78, 5) is 8.26. The van der Waals surface area contributed by atoms with Crippen molar-refractivity contribution in [1.82, 2.24) is 15.3 Å². The highest BCUT2D eigenvalue weighted by molar-refractivity contribution is 5.30. The van der Waals surface area contributed by atoms with Crippen LogP contribution >= 0.6 is 0 Å². The maximum atomic E-state index is 5.60. The number of hydrogen-bond donors (Lipinski definition) is 1. The van der Waals surface area contributed by atoms with Gasteiger partial charge in [0.2, 0.25) is 0 Å². The summed E-state index contributed by atoms with van der Waals surface area (Å²) in [7, 11) is 1.91. The molecule has 17 heavy (non-hydrogen) atoms. The molecule has 0 amide bonds. The number of ether oxygens (including phenoxy) is 1. The summed E-state index contributed by atoms with van der Waals surface area (Å²) in [6.45, 7) is 2.72. The van der Waals surface area contributed by atoms with Crippen LogP contribution in [0.5, 0.6) is 11.8 Å².